The third-order valence-corrected chi connectivity index (χ3v) is 5.22. The van der Waals surface area contributed by atoms with Gasteiger partial charge in [-0.1, -0.05) is 32.0 Å². The summed E-state index contributed by atoms with van der Waals surface area (Å²) in [6.45, 7) is 5.80. The Morgan fingerprint density at radius 3 is 2.54 bits per heavy atom. The van der Waals surface area contributed by atoms with Gasteiger partial charge in [0, 0.05) is 42.7 Å². The van der Waals surface area contributed by atoms with E-state index in [0.29, 0.717) is 22.6 Å². The number of aliphatic imine (C=N–C) groups is 1. The van der Waals surface area contributed by atoms with Crippen LogP contribution < -0.4 is 9.80 Å². The normalized spacial score (nSPS) is 19.1. The van der Waals surface area contributed by atoms with Crippen molar-refractivity contribution >= 4 is 17.7 Å². The van der Waals surface area contributed by atoms with E-state index in [1.807, 2.05) is 17.2 Å². The van der Waals surface area contributed by atoms with Crippen LogP contribution in [0.1, 0.15) is 26.7 Å². The second kappa shape index (κ2) is 7.70. The minimum Gasteiger partial charge on any atom is -0.355 e. The highest BCUT2D eigenvalue weighted by atomic mass is 19.1. The fourth-order valence-corrected chi connectivity index (χ4v) is 3.91. The molecule has 2 aromatic rings. The number of benzene rings is 1. The van der Waals surface area contributed by atoms with Crippen LogP contribution in [0.25, 0.3) is 11.1 Å². The topological polar surface area (TPSA) is 31.7 Å². The number of pyridine rings is 1. The average molecular weight is 382 g/mol. The first-order chi connectivity index (χ1) is 13.6. The van der Waals surface area contributed by atoms with E-state index in [9.17, 15) is 8.78 Å². The Labute approximate surface area is 164 Å². The predicted molar refractivity (Wildman–Crippen MR) is 110 cm³/mol. The zero-order valence-corrected chi connectivity index (χ0v) is 16.1. The van der Waals surface area contributed by atoms with Gasteiger partial charge in [-0.25, -0.2) is 9.37 Å². The molecule has 1 unspecified atom stereocenters. The van der Waals surface area contributed by atoms with Crippen molar-refractivity contribution < 1.29 is 8.78 Å². The van der Waals surface area contributed by atoms with Crippen LogP contribution in [0.2, 0.25) is 0 Å². The van der Waals surface area contributed by atoms with Crippen molar-refractivity contribution in [3.8, 4) is 11.1 Å². The molecule has 0 radical (unpaired) electrons. The molecule has 28 heavy (non-hydrogen) atoms. The fourth-order valence-electron chi connectivity index (χ4n) is 3.91. The lowest BCUT2D eigenvalue weighted by Gasteiger charge is -2.36. The number of rotatable bonds is 4. The Morgan fingerprint density at radius 2 is 1.82 bits per heavy atom. The van der Waals surface area contributed by atoms with Crippen LogP contribution in [0.5, 0.6) is 0 Å². The molecule has 0 N–H and O–H groups in total. The van der Waals surface area contributed by atoms with Crippen molar-refractivity contribution in [1.29, 1.82) is 0 Å². The molecule has 3 heterocycles. The molecule has 1 atom stereocenters. The number of aromatic nitrogens is 1. The van der Waals surface area contributed by atoms with Crippen LogP contribution in [0, 0.1) is 17.7 Å². The highest BCUT2D eigenvalue weighted by molar-refractivity contribution is 5.89. The molecule has 1 aromatic heterocycles. The molecule has 4 rings (SSSR count). The summed E-state index contributed by atoms with van der Waals surface area (Å²) in [4.78, 5) is 13.0. The molecule has 0 amide bonds. The molecule has 1 saturated heterocycles. The van der Waals surface area contributed by atoms with Crippen molar-refractivity contribution in [3.63, 3.8) is 0 Å². The highest BCUT2D eigenvalue weighted by Crippen LogP contribution is 2.42. The van der Waals surface area contributed by atoms with Crippen LogP contribution >= 0.6 is 0 Å². The number of anilines is 2. The summed E-state index contributed by atoms with van der Waals surface area (Å²) in [7, 11) is 0. The Kier molecular flexibility index (Phi) is 5.11. The van der Waals surface area contributed by atoms with Crippen LogP contribution in [0.15, 0.2) is 47.6 Å². The summed E-state index contributed by atoms with van der Waals surface area (Å²) in [5.41, 5.74) is 1.57. The van der Waals surface area contributed by atoms with Crippen molar-refractivity contribution in [2.45, 2.75) is 32.9 Å². The summed E-state index contributed by atoms with van der Waals surface area (Å²) in [5.74, 6) is -0.212. The molecule has 146 valence electrons. The summed E-state index contributed by atoms with van der Waals surface area (Å²) >= 11 is 0. The monoisotopic (exact) mass is 382 g/mol. The lowest BCUT2D eigenvalue weighted by Crippen LogP contribution is -2.37. The second-order valence-corrected chi connectivity index (χ2v) is 7.54. The van der Waals surface area contributed by atoms with Gasteiger partial charge in [0.2, 0.25) is 5.95 Å². The standard InChI is InChI=1S/C22H24F2N4/c1-15(2)21-25-10-7-13-28(21)20-17(16-8-3-4-9-18(16)23)14-19(24)26-22(20)27-11-5-6-12-27/h3-4,7-10,13-15,21H,5-6,11-12H2,1-2H3. The Balaban J connectivity index is 1.97. The van der Waals surface area contributed by atoms with E-state index >= 15 is 0 Å². The quantitative estimate of drug-likeness (QED) is 0.697. The van der Waals surface area contributed by atoms with Gasteiger partial charge in [-0.15, -0.1) is 0 Å². The van der Waals surface area contributed by atoms with Crippen molar-refractivity contribution in [2.75, 3.05) is 22.9 Å². The maximum Gasteiger partial charge on any atom is 0.215 e. The molecule has 1 aromatic carbocycles. The smallest absolute Gasteiger partial charge is 0.215 e. The largest absolute Gasteiger partial charge is 0.355 e. The van der Waals surface area contributed by atoms with Gasteiger partial charge < -0.3 is 9.80 Å². The summed E-state index contributed by atoms with van der Waals surface area (Å²) in [6.07, 6.45) is 7.46. The molecule has 4 nitrogen and oxygen atoms in total. The van der Waals surface area contributed by atoms with Gasteiger partial charge in [0.25, 0.3) is 0 Å². The summed E-state index contributed by atoms with van der Waals surface area (Å²) in [5, 5.41) is 0. The maximum absolute atomic E-state index is 14.7. The van der Waals surface area contributed by atoms with Crippen molar-refractivity contribution in [3.05, 3.63) is 54.4 Å². The zero-order chi connectivity index (χ0) is 19.7. The van der Waals surface area contributed by atoms with Crippen LogP contribution in [0.4, 0.5) is 20.3 Å². The lowest BCUT2D eigenvalue weighted by molar-refractivity contribution is 0.496. The molecule has 0 spiro atoms. The molecular formula is C22H24F2N4. The molecule has 0 bridgehead atoms. The number of halogens is 2. The Bertz CT molecular complexity index is 917. The molecule has 1 fully saturated rings. The Hall–Kier alpha value is -2.76. The zero-order valence-electron chi connectivity index (χ0n) is 16.1. The van der Waals surface area contributed by atoms with E-state index in [4.69, 9.17) is 0 Å². The van der Waals surface area contributed by atoms with Gasteiger partial charge in [-0.05, 0) is 30.9 Å². The predicted octanol–water partition coefficient (Wildman–Crippen LogP) is 5.01. The SMILES string of the molecule is CC(C)C1N=CC=CN1c1c(-c2ccccc2F)cc(F)nc1N1CCCC1. The molecule has 6 heteroatoms. The fraction of sp³-hybridized carbons (Fsp3) is 0.364. The third-order valence-electron chi connectivity index (χ3n) is 5.22. The number of nitrogens with zero attached hydrogens (tertiary/aromatic N) is 4. The van der Waals surface area contributed by atoms with Crippen molar-refractivity contribution in [2.24, 2.45) is 10.9 Å². The van der Waals surface area contributed by atoms with Crippen LogP contribution in [-0.2, 0) is 0 Å². The Morgan fingerprint density at radius 1 is 1.07 bits per heavy atom. The first-order valence-electron chi connectivity index (χ1n) is 9.75. The highest BCUT2D eigenvalue weighted by Gasteiger charge is 2.30. The summed E-state index contributed by atoms with van der Waals surface area (Å²) < 4.78 is 29.3. The second-order valence-electron chi connectivity index (χ2n) is 7.54. The first kappa shape index (κ1) is 18.6. The minimum absolute atomic E-state index is 0.163. The van der Waals surface area contributed by atoms with E-state index in [-0.39, 0.29) is 17.9 Å². The van der Waals surface area contributed by atoms with E-state index in [0.717, 1.165) is 25.9 Å². The molecule has 0 saturated carbocycles. The average Bonchev–Trinajstić information content (AvgIpc) is 3.22. The number of allylic oxidation sites excluding steroid dienone is 1. The third kappa shape index (κ3) is 3.39. The first-order valence-corrected chi connectivity index (χ1v) is 9.75. The van der Waals surface area contributed by atoms with Gasteiger partial charge in [0.15, 0.2) is 5.82 Å². The van der Waals surface area contributed by atoms with Crippen molar-refractivity contribution in [1.82, 2.24) is 4.98 Å². The lowest BCUT2D eigenvalue weighted by atomic mass is 10.0. The van der Waals surface area contributed by atoms with E-state index in [1.54, 1.807) is 24.4 Å². The van der Waals surface area contributed by atoms with Crippen LogP contribution in [0.3, 0.4) is 0 Å². The van der Waals surface area contributed by atoms with Gasteiger partial charge >= 0.3 is 0 Å². The van der Waals surface area contributed by atoms with E-state index in [2.05, 4.69) is 28.7 Å². The van der Waals surface area contributed by atoms with Crippen LogP contribution in [-0.4, -0.2) is 30.5 Å². The van der Waals surface area contributed by atoms with E-state index in [1.165, 1.54) is 12.1 Å². The molecule has 0 aliphatic carbocycles. The number of hydrogen-bond acceptors (Lipinski definition) is 4. The van der Waals surface area contributed by atoms with Gasteiger partial charge in [0.1, 0.15) is 12.0 Å². The molecular weight excluding hydrogens is 358 g/mol. The minimum atomic E-state index is -0.602. The summed E-state index contributed by atoms with van der Waals surface area (Å²) in [6, 6.07) is 7.82. The maximum atomic E-state index is 14.7. The molecule has 2 aliphatic rings. The molecule has 2 aliphatic heterocycles. The van der Waals surface area contributed by atoms with Gasteiger partial charge in [-0.2, -0.15) is 4.39 Å². The number of hydrogen-bond donors (Lipinski definition) is 0. The van der Waals surface area contributed by atoms with Gasteiger partial charge in [0.05, 0.1) is 5.69 Å². The van der Waals surface area contributed by atoms with Gasteiger partial charge in [-0.3, -0.25) is 4.99 Å². The van der Waals surface area contributed by atoms with E-state index < -0.39 is 5.95 Å².